The number of methoxy groups -OCH3 is 1. The summed E-state index contributed by atoms with van der Waals surface area (Å²) in [6, 6.07) is 0. The Morgan fingerprint density at radius 3 is 2.81 bits per heavy atom. The Bertz CT molecular complexity index is 223. The molecule has 1 heterocycles. The molecule has 1 fully saturated rings. The highest BCUT2D eigenvalue weighted by atomic mass is 16.5. The van der Waals surface area contributed by atoms with Gasteiger partial charge in [-0.1, -0.05) is 0 Å². The topological polar surface area (TPSA) is 64.8 Å². The monoisotopic (exact) mass is 230 g/mol. The average Bonchev–Trinajstić information content (AvgIpc) is 2.70. The Kier molecular flexibility index (Phi) is 5.73. The van der Waals surface area contributed by atoms with Crippen molar-refractivity contribution in [1.82, 2.24) is 4.90 Å². The van der Waals surface area contributed by atoms with Gasteiger partial charge in [-0.2, -0.15) is 0 Å². The van der Waals surface area contributed by atoms with E-state index in [0.717, 1.165) is 6.42 Å². The molecule has 1 aliphatic rings. The number of hydrogen-bond acceptors (Lipinski definition) is 4. The van der Waals surface area contributed by atoms with Gasteiger partial charge in [0.1, 0.15) is 0 Å². The maximum atomic E-state index is 12.1. The van der Waals surface area contributed by atoms with Gasteiger partial charge in [0, 0.05) is 26.7 Å². The van der Waals surface area contributed by atoms with Crippen LogP contribution < -0.4 is 5.73 Å². The largest absolute Gasteiger partial charge is 0.383 e. The number of carbonyl (C=O) groups excluding carboxylic acids is 1. The zero-order valence-electron chi connectivity index (χ0n) is 10.1. The molecule has 16 heavy (non-hydrogen) atoms. The third-order valence-corrected chi connectivity index (χ3v) is 2.82. The summed E-state index contributed by atoms with van der Waals surface area (Å²) in [7, 11) is 1.63. The van der Waals surface area contributed by atoms with E-state index in [9.17, 15) is 4.79 Å². The molecule has 0 aromatic heterocycles. The molecule has 5 heteroatoms. The van der Waals surface area contributed by atoms with Crippen molar-refractivity contribution in [3.63, 3.8) is 0 Å². The van der Waals surface area contributed by atoms with Crippen LogP contribution in [-0.2, 0) is 14.3 Å². The molecule has 1 amide bonds. The normalized spacial score (nSPS) is 24.7. The molecular weight excluding hydrogens is 208 g/mol. The van der Waals surface area contributed by atoms with E-state index in [1.165, 1.54) is 0 Å². The van der Waals surface area contributed by atoms with Crippen LogP contribution >= 0.6 is 0 Å². The van der Waals surface area contributed by atoms with Crippen molar-refractivity contribution in [3.8, 4) is 0 Å². The zero-order chi connectivity index (χ0) is 12.0. The minimum Gasteiger partial charge on any atom is -0.383 e. The van der Waals surface area contributed by atoms with Crippen LogP contribution in [0.25, 0.3) is 0 Å². The molecule has 2 unspecified atom stereocenters. The smallest absolute Gasteiger partial charge is 0.228 e. The van der Waals surface area contributed by atoms with Crippen LogP contribution in [0.2, 0.25) is 0 Å². The number of hydrogen-bond donors (Lipinski definition) is 1. The van der Waals surface area contributed by atoms with E-state index in [1.54, 1.807) is 12.0 Å². The molecule has 0 spiro atoms. The van der Waals surface area contributed by atoms with Crippen molar-refractivity contribution in [1.29, 1.82) is 0 Å². The summed E-state index contributed by atoms with van der Waals surface area (Å²) in [5.41, 5.74) is 5.50. The summed E-state index contributed by atoms with van der Waals surface area (Å²) >= 11 is 0. The van der Waals surface area contributed by atoms with Gasteiger partial charge in [0.05, 0.1) is 25.2 Å². The second-order valence-electron chi connectivity index (χ2n) is 4.18. The molecule has 1 rings (SSSR count). The molecule has 94 valence electrons. The van der Waals surface area contributed by atoms with E-state index in [1.807, 2.05) is 6.92 Å². The molecule has 0 aromatic rings. The lowest BCUT2D eigenvalue weighted by Crippen LogP contribution is -2.41. The molecule has 5 nitrogen and oxygen atoms in total. The standard InChI is InChI=1S/C11H22N2O3/c1-9-7-10(8-16-9)11(14)13(4-3-12)5-6-15-2/h9-10H,3-8,12H2,1-2H3. The van der Waals surface area contributed by atoms with Gasteiger partial charge in [-0.05, 0) is 13.3 Å². The highest BCUT2D eigenvalue weighted by Gasteiger charge is 2.31. The SMILES string of the molecule is COCCN(CCN)C(=O)C1COC(C)C1. The van der Waals surface area contributed by atoms with E-state index >= 15 is 0 Å². The summed E-state index contributed by atoms with van der Waals surface area (Å²) in [5, 5.41) is 0. The highest BCUT2D eigenvalue weighted by molar-refractivity contribution is 5.79. The fraction of sp³-hybridized carbons (Fsp3) is 0.909. The van der Waals surface area contributed by atoms with Crippen LogP contribution in [0.3, 0.4) is 0 Å². The van der Waals surface area contributed by atoms with Gasteiger partial charge < -0.3 is 20.1 Å². The summed E-state index contributed by atoms with van der Waals surface area (Å²) < 4.78 is 10.4. The Labute approximate surface area is 96.9 Å². The van der Waals surface area contributed by atoms with Crippen LogP contribution in [0.15, 0.2) is 0 Å². The number of rotatable bonds is 6. The van der Waals surface area contributed by atoms with Crippen molar-refractivity contribution in [2.24, 2.45) is 11.7 Å². The van der Waals surface area contributed by atoms with E-state index in [4.69, 9.17) is 15.2 Å². The molecule has 0 bridgehead atoms. The minimum atomic E-state index is -0.00148. The van der Waals surface area contributed by atoms with Gasteiger partial charge in [0.2, 0.25) is 5.91 Å². The van der Waals surface area contributed by atoms with Crippen molar-refractivity contribution in [3.05, 3.63) is 0 Å². The van der Waals surface area contributed by atoms with E-state index < -0.39 is 0 Å². The molecule has 2 N–H and O–H groups in total. The average molecular weight is 230 g/mol. The fourth-order valence-electron chi connectivity index (χ4n) is 1.94. The van der Waals surface area contributed by atoms with Crippen molar-refractivity contribution < 1.29 is 14.3 Å². The minimum absolute atomic E-state index is 0.00148. The lowest BCUT2D eigenvalue weighted by atomic mass is 10.0. The Morgan fingerprint density at radius 1 is 1.56 bits per heavy atom. The van der Waals surface area contributed by atoms with Gasteiger partial charge >= 0.3 is 0 Å². The van der Waals surface area contributed by atoms with Crippen molar-refractivity contribution in [2.45, 2.75) is 19.4 Å². The Balaban J connectivity index is 2.45. The van der Waals surface area contributed by atoms with Gasteiger partial charge in [0.15, 0.2) is 0 Å². The lowest BCUT2D eigenvalue weighted by molar-refractivity contribution is -0.136. The molecule has 0 radical (unpaired) electrons. The first kappa shape index (κ1) is 13.4. The lowest BCUT2D eigenvalue weighted by Gasteiger charge is -2.24. The van der Waals surface area contributed by atoms with Crippen LogP contribution in [0, 0.1) is 5.92 Å². The molecule has 0 saturated carbocycles. The number of carbonyl (C=O) groups is 1. The second kappa shape index (κ2) is 6.83. The quantitative estimate of drug-likeness (QED) is 0.689. The predicted octanol–water partition coefficient (Wildman–Crippen LogP) is -0.155. The van der Waals surface area contributed by atoms with Crippen LogP contribution in [0.5, 0.6) is 0 Å². The molecule has 2 atom stereocenters. The summed E-state index contributed by atoms with van der Waals surface area (Å²) in [6.07, 6.45) is 1.00. The maximum absolute atomic E-state index is 12.1. The molecule has 1 saturated heterocycles. The molecule has 1 aliphatic heterocycles. The second-order valence-corrected chi connectivity index (χ2v) is 4.18. The summed E-state index contributed by atoms with van der Waals surface area (Å²) in [5.74, 6) is 0.144. The van der Waals surface area contributed by atoms with Crippen LogP contribution in [0.4, 0.5) is 0 Å². The molecular formula is C11H22N2O3. The zero-order valence-corrected chi connectivity index (χ0v) is 10.1. The predicted molar refractivity (Wildman–Crippen MR) is 61.0 cm³/mol. The van der Waals surface area contributed by atoms with Gasteiger partial charge in [-0.15, -0.1) is 0 Å². The van der Waals surface area contributed by atoms with Gasteiger partial charge in [-0.3, -0.25) is 4.79 Å². The summed E-state index contributed by atoms with van der Waals surface area (Å²) in [6.45, 7) is 4.77. The number of nitrogens with zero attached hydrogens (tertiary/aromatic N) is 1. The number of nitrogens with two attached hydrogens (primary N) is 1. The van der Waals surface area contributed by atoms with E-state index in [2.05, 4.69) is 0 Å². The first-order chi connectivity index (χ1) is 7.69. The van der Waals surface area contributed by atoms with Crippen molar-refractivity contribution in [2.75, 3.05) is 40.0 Å². The van der Waals surface area contributed by atoms with Crippen LogP contribution in [-0.4, -0.2) is 56.9 Å². The van der Waals surface area contributed by atoms with Gasteiger partial charge in [0.25, 0.3) is 0 Å². The molecule has 0 aromatic carbocycles. The van der Waals surface area contributed by atoms with Crippen LogP contribution in [0.1, 0.15) is 13.3 Å². The first-order valence-electron chi connectivity index (χ1n) is 5.78. The Morgan fingerprint density at radius 2 is 2.31 bits per heavy atom. The van der Waals surface area contributed by atoms with Crippen molar-refractivity contribution >= 4 is 5.91 Å². The Hall–Kier alpha value is -0.650. The van der Waals surface area contributed by atoms with Gasteiger partial charge in [-0.25, -0.2) is 0 Å². The highest BCUT2D eigenvalue weighted by Crippen LogP contribution is 2.21. The molecule has 0 aliphatic carbocycles. The van der Waals surface area contributed by atoms with E-state index in [0.29, 0.717) is 32.8 Å². The fourth-order valence-corrected chi connectivity index (χ4v) is 1.94. The third-order valence-electron chi connectivity index (χ3n) is 2.82. The van der Waals surface area contributed by atoms with E-state index in [-0.39, 0.29) is 17.9 Å². The third kappa shape index (κ3) is 3.73. The first-order valence-corrected chi connectivity index (χ1v) is 5.78. The maximum Gasteiger partial charge on any atom is 0.228 e. The number of ether oxygens (including phenoxy) is 2. The summed E-state index contributed by atoms with van der Waals surface area (Å²) in [4.78, 5) is 13.9. The number of amides is 1.